The van der Waals surface area contributed by atoms with Gasteiger partial charge in [0.2, 0.25) is 0 Å². The zero-order valence-corrected chi connectivity index (χ0v) is 12.9. The van der Waals surface area contributed by atoms with Crippen LogP contribution in [0.5, 0.6) is 0 Å². The fourth-order valence-corrected chi connectivity index (χ4v) is 2.73. The maximum absolute atomic E-state index is 13.1. The molecule has 0 unspecified atom stereocenters. The van der Waals surface area contributed by atoms with Gasteiger partial charge in [-0.25, -0.2) is 14.4 Å². The summed E-state index contributed by atoms with van der Waals surface area (Å²) >= 11 is 0. The lowest BCUT2D eigenvalue weighted by Gasteiger charge is -2.35. The first-order chi connectivity index (χ1) is 10.7. The summed E-state index contributed by atoms with van der Waals surface area (Å²) in [5.74, 6) is 1.54. The Bertz CT molecular complexity index is 645. The third-order valence-electron chi connectivity index (χ3n) is 3.95. The Hall–Kier alpha value is -2.01. The molecule has 0 bridgehead atoms. The molecule has 0 radical (unpaired) electrons. The lowest BCUT2D eigenvalue weighted by atomic mass is 10.1. The Morgan fingerprint density at radius 3 is 2.82 bits per heavy atom. The summed E-state index contributed by atoms with van der Waals surface area (Å²) in [6, 6.07) is 6.53. The van der Waals surface area contributed by atoms with Crippen LogP contribution in [0.25, 0.3) is 0 Å². The number of rotatable bonds is 3. The molecule has 1 atom stereocenters. The van der Waals surface area contributed by atoms with Crippen molar-refractivity contribution in [2.24, 2.45) is 0 Å². The Morgan fingerprint density at radius 2 is 2.09 bits per heavy atom. The lowest BCUT2D eigenvalue weighted by molar-refractivity contribution is 0.0394. The summed E-state index contributed by atoms with van der Waals surface area (Å²) < 4.78 is 18.9. The number of anilines is 1. The zero-order chi connectivity index (χ0) is 15.5. The van der Waals surface area contributed by atoms with Gasteiger partial charge < -0.3 is 9.64 Å². The van der Waals surface area contributed by atoms with E-state index in [0.717, 1.165) is 42.3 Å². The summed E-state index contributed by atoms with van der Waals surface area (Å²) in [7, 11) is 0. The van der Waals surface area contributed by atoms with Crippen LogP contribution in [0.1, 0.15) is 30.0 Å². The maximum Gasteiger partial charge on any atom is 0.135 e. The number of ether oxygens (including phenoxy) is 1. The number of morpholine rings is 1. The maximum atomic E-state index is 13.1. The quantitative estimate of drug-likeness (QED) is 0.873. The minimum absolute atomic E-state index is 0.0608. The van der Waals surface area contributed by atoms with Gasteiger partial charge in [0.05, 0.1) is 6.61 Å². The molecular weight excluding hydrogens is 281 g/mol. The van der Waals surface area contributed by atoms with Crippen LogP contribution in [0.2, 0.25) is 0 Å². The highest BCUT2D eigenvalue weighted by atomic mass is 19.1. The monoisotopic (exact) mass is 301 g/mol. The molecule has 2 aromatic rings. The van der Waals surface area contributed by atoms with Crippen molar-refractivity contribution in [3.05, 3.63) is 53.2 Å². The molecule has 5 heteroatoms. The van der Waals surface area contributed by atoms with E-state index in [1.165, 1.54) is 12.1 Å². The highest BCUT2D eigenvalue weighted by Gasteiger charge is 2.24. The molecule has 0 aliphatic carbocycles. The molecule has 1 aliphatic rings. The number of aromatic nitrogens is 2. The van der Waals surface area contributed by atoms with E-state index < -0.39 is 0 Å². The van der Waals surface area contributed by atoms with Crippen molar-refractivity contribution in [1.82, 2.24) is 9.97 Å². The summed E-state index contributed by atoms with van der Waals surface area (Å²) in [5, 5.41) is 0. The van der Waals surface area contributed by atoms with Gasteiger partial charge in [-0.05, 0) is 31.0 Å². The van der Waals surface area contributed by atoms with Gasteiger partial charge in [-0.15, -0.1) is 0 Å². The number of benzene rings is 1. The highest BCUT2D eigenvalue weighted by Crippen LogP contribution is 2.27. The second-order valence-corrected chi connectivity index (χ2v) is 5.48. The van der Waals surface area contributed by atoms with E-state index in [0.29, 0.717) is 6.61 Å². The highest BCUT2D eigenvalue weighted by molar-refractivity contribution is 5.47. The molecule has 0 saturated carbocycles. The molecule has 1 aromatic carbocycles. The number of halogens is 1. The first-order valence-electron chi connectivity index (χ1n) is 7.62. The van der Waals surface area contributed by atoms with E-state index in [4.69, 9.17) is 4.74 Å². The van der Waals surface area contributed by atoms with Crippen LogP contribution in [0.15, 0.2) is 30.5 Å². The first kappa shape index (κ1) is 14.9. The topological polar surface area (TPSA) is 38.2 Å². The van der Waals surface area contributed by atoms with E-state index in [1.807, 2.05) is 13.1 Å². The molecule has 4 nitrogen and oxygen atoms in total. The second-order valence-electron chi connectivity index (χ2n) is 5.48. The SMILES string of the molecule is CCc1cnc(C)nc1N1CCO[C@@H](c2ccc(F)cc2)C1. The molecule has 116 valence electrons. The smallest absolute Gasteiger partial charge is 0.135 e. The summed E-state index contributed by atoms with van der Waals surface area (Å²) in [6.07, 6.45) is 2.74. The van der Waals surface area contributed by atoms with Crippen LogP contribution in [0, 0.1) is 12.7 Å². The van der Waals surface area contributed by atoms with Gasteiger partial charge in [0.15, 0.2) is 0 Å². The average Bonchev–Trinajstić information content (AvgIpc) is 2.55. The molecule has 22 heavy (non-hydrogen) atoms. The van der Waals surface area contributed by atoms with Crippen LogP contribution in [0.4, 0.5) is 10.2 Å². The first-order valence-corrected chi connectivity index (χ1v) is 7.62. The molecule has 3 rings (SSSR count). The van der Waals surface area contributed by atoms with Gasteiger partial charge in [-0.1, -0.05) is 19.1 Å². The van der Waals surface area contributed by atoms with Crippen molar-refractivity contribution in [1.29, 1.82) is 0 Å². The Morgan fingerprint density at radius 1 is 1.32 bits per heavy atom. The number of nitrogens with zero attached hydrogens (tertiary/aromatic N) is 3. The summed E-state index contributed by atoms with van der Waals surface area (Å²) in [6.45, 7) is 6.17. The molecular formula is C17H20FN3O. The van der Waals surface area contributed by atoms with Crippen LogP contribution >= 0.6 is 0 Å². The molecule has 0 amide bonds. The minimum Gasteiger partial charge on any atom is -0.370 e. The van der Waals surface area contributed by atoms with E-state index in [2.05, 4.69) is 21.8 Å². The van der Waals surface area contributed by atoms with Crippen molar-refractivity contribution >= 4 is 5.82 Å². The average molecular weight is 301 g/mol. The standard InChI is InChI=1S/C17H20FN3O/c1-3-13-10-19-12(2)20-17(13)21-8-9-22-16(11-21)14-4-6-15(18)7-5-14/h4-7,10,16H,3,8-9,11H2,1-2H3/t16-/m1/s1. The van der Waals surface area contributed by atoms with E-state index >= 15 is 0 Å². The van der Waals surface area contributed by atoms with Gasteiger partial charge in [0.1, 0.15) is 23.6 Å². The zero-order valence-electron chi connectivity index (χ0n) is 12.9. The van der Waals surface area contributed by atoms with Crippen LogP contribution in [0.3, 0.4) is 0 Å². The second kappa shape index (κ2) is 6.40. The van der Waals surface area contributed by atoms with E-state index in [9.17, 15) is 4.39 Å². The number of hydrogen-bond donors (Lipinski definition) is 0. The fourth-order valence-electron chi connectivity index (χ4n) is 2.73. The molecule has 1 aromatic heterocycles. The Labute approximate surface area is 130 Å². The van der Waals surface area contributed by atoms with Crippen LogP contribution < -0.4 is 4.90 Å². The van der Waals surface area contributed by atoms with Gasteiger partial charge in [0, 0.05) is 24.8 Å². The van der Waals surface area contributed by atoms with Crippen molar-refractivity contribution in [3.63, 3.8) is 0 Å². The Balaban J connectivity index is 1.84. The lowest BCUT2D eigenvalue weighted by Crippen LogP contribution is -2.39. The number of hydrogen-bond acceptors (Lipinski definition) is 4. The third kappa shape index (κ3) is 3.09. The molecule has 0 spiro atoms. The predicted octanol–water partition coefficient (Wildman–Crippen LogP) is 3.06. The van der Waals surface area contributed by atoms with Gasteiger partial charge in [0.25, 0.3) is 0 Å². The van der Waals surface area contributed by atoms with Crippen molar-refractivity contribution < 1.29 is 9.13 Å². The molecule has 1 saturated heterocycles. The Kier molecular flexibility index (Phi) is 4.34. The number of aryl methyl sites for hydroxylation is 2. The van der Waals surface area contributed by atoms with E-state index in [-0.39, 0.29) is 11.9 Å². The van der Waals surface area contributed by atoms with Crippen LogP contribution in [-0.4, -0.2) is 29.7 Å². The summed E-state index contributed by atoms with van der Waals surface area (Å²) in [4.78, 5) is 11.1. The van der Waals surface area contributed by atoms with Gasteiger partial charge >= 0.3 is 0 Å². The summed E-state index contributed by atoms with van der Waals surface area (Å²) in [5.41, 5.74) is 2.14. The van der Waals surface area contributed by atoms with Gasteiger partial charge in [-0.2, -0.15) is 0 Å². The molecule has 1 fully saturated rings. The van der Waals surface area contributed by atoms with Crippen molar-refractivity contribution in [2.75, 3.05) is 24.6 Å². The van der Waals surface area contributed by atoms with Crippen LogP contribution in [-0.2, 0) is 11.2 Å². The van der Waals surface area contributed by atoms with Crippen molar-refractivity contribution in [3.8, 4) is 0 Å². The fraction of sp³-hybridized carbons (Fsp3) is 0.412. The van der Waals surface area contributed by atoms with Gasteiger partial charge in [-0.3, -0.25) is 0 Å². The third-order valence-corrected chi connectivity index (χ3v) is 3.95. The molecule has 2 heterocycles. The van der Waals surface area contributed by atoms with E-state index in [1.54, 1.807) is 12.1 Å². The molecule has 1 aliphatic heterocycles. The normalized spacial score (nSPS) is 18.5. The predicted molar refractivity (Wildman–Crippen MR) is 83.5 cm³/mol. The largest absolute Gasteiger partial charge is 0.370 e. The van der Waals surface area contributed by atoms with Crippen molar-refractivity contribution in [2.45, 2.75) is 26.4 Å². The minimum atomic E-state index is -0.226. The molecule has 0 N–H and O–H groups in total.